The van der Waals surface area contributed by atoms with Crippen molar-refractivity contribution in [1.29, 1.82) is 0 Å². The lowest BCUT2D eigenvalue weighted by molar-refractivity contribution is -0.126. The number of piperidine rings is 1. The number of morpholine rings is 1. The Morgan fingerprint density at radius 2 is 1.59 bits per heavy atom. The molecule has 0 bridgehead atoms. The molecule has 2 aliphatic heterocycles. The van der Waals surface area contributed by atoms with E-state index in [2.05, 4.69) is 22.3 Å². The number of amides is 1. The lowest BCUT2D eigenvalue weighted by atomic mass is 9.97. The minimum Gasteiger partial charge on any atom is -0.378 e. The average molecular weight is 478 g/mol. The maximum atomic E-state index is 12.8. The van der Waals surface area contributed by atoms with E-state index in [1.54, 1.807) is 12.1 Å². The summed E-state index contributed by atoms with van der Waals surface area (Å²) in [5, 5.41) is 3.50. The van der Waals surface area contributed by atoms with Gasteiger partial charge in [0, 0.05) is 49.4 Å². The highest BCUT2D eigenvalue weighted by Crippen LogP contribution is 2.25. The van der Waals surface area contributed by atoms with Crippen LogP contribution in [-0.2, 0) is 26.1 Å². The number of hydrogen-bond acceptors (Lipinski definition) is 5. The number of carbonyl (C=O) groups is 1. The number of sulfonamides is 1. The van der Waals surface area contributed by atoms with E-state index in [1.807, 2.05) is 12.1 Å². The molecule has 0 aliphatic carbocycles. The number of ether oxygens (including phenoxy) is 1. The van der Waals surface area contributed by atoms with E-state index in [4.69, 9.17) is 16.3 Å². The van der Waals surface area contributed by atoms with Crippen LogP contribution < -0.4 is 10.2 Å². The highest BCUT2D eigenvalue weighted by Gasteiger charge is 2.32. The fraction of sp³-hybridized carbons (Fsp3) is 0.435. The van der Waals surface area contributed by atoms with Gasteiger partial charge in [-0.1, -0.05) is 23.7 Å². The summed E-state index contributed by atoms with van der Waals surface area (Å²) in [5.74, 6) is -0.204. The molecule has 9 heteroatoms. The summed E-state index contributed by atoms with van der Waals surface area (Å²) < 4.78 is 32.4. The van der Waals surface area contributed by atoms with Gasteiger partial charge in [0.25, 0.3) is 0 Å². The fourth-order valence-electron chi connectivity index (χ4n) is 4.09. The first-order chi connectivity index (χ1) is 15.4. The Balaban J connectivity index is 1.26. The molecule has 2 fully saturated rings. The summed E-state index contributed by atoms with van der Waals surface area (Å²) >= 11 is 5.86. The molecule has 7 nitrogen and oxygen atoms in total. The Kier molecular flexibility index (Phi) is 7.35. The van der Waals surface area contributed by atoms with Gasteiger partial charge in [0.1, 0.15) is 0 Å². The third-order valence-electron chi connectivity index (χ3n) is 6.06. The summed E-state index contributed by atoms with van der Waals surface area (Å²) in [6.07, 6.45) is 1.02. The SMILES string of the molecule is O=C(NCc1ccc(N2CCOCC2)cc1)C1CCN(S(=O)(=O)c2ccc(Cl)cc2)CC1. The molecule has 32 heavy (non-hydrogen) atoms. The van der Waals surface area contributed by atoms with Crippen molar-refractivity contribution in [2.75, 3.05) is 44.3 Å². The van der Waals surface area contributed by atoms with Crippen LogP contribution in [0.3, 0.4) is 0 Å². The predicted octanol–water partition coefficient (Wildman–Crippen LogP) is 2.89. The molecule has 2 aromatic carbocycles. The third-order valence-corrected chi connectivity index (χ3v) is 8.22. The van der Waals surface area contributed by atoms with Gasteiger partial charge in [0.05, 0.1) is 18.1 Å². The molecule has 0 aromatic heterocycles. The van der Waals surface area contributed by atoms with Gasteiger partial charge in [0.2, 0.25) is 15.9 Å². The monoisotopic (exact) mass is 477 g/mol. The van der Waals surface area contributed by atoms with Crippen molar-refractivity contribution < 1.29 is 17.9 Å². The molecule has 172 valence electrons. The molecule has 1 N–H and O–H groups in total. The maximum Gasteiger partial charge on any atom is 0.243 e. The van der Waals surface area contributed by atoms with Crippen LogP contribution >= 0.6 is 11.6 Å². The van der Waals surface area contributed by atoms with E-state index < -0.39 is 10.0 Å². The molecule has 1 amide bonds. The summed E-state index contributed by atoms with van der Waals surface area (Å²) in [5.41, 5.74) is 2.20. The van der Waals surface area contributed by atoms with E-state index in [-0.39, 0.29) is 16.7 Å². The Labute approximate surface area is 194 Å². The van der Waals surface area contributed by atoms with Crippen molar-refractivity contribution in [2.45, 2.75) is 24.3 Å². The van der Waals surface area contributed by atoms with Crippen LogP contribution in [0, 0.1) is 5.92 Å². The van der Waals surface area contributed by atoms with Crippen LogP contribution in [-0.4, -0.2) is 58.0 Å². The second-order valence-corrected chi connectivity index (χ2v) is 10.5. The van der Waals surface area contributed by atoms with Gasteiger partial charge in [-0.2, -0.15) is 4.31 Å². The zero-order chi connectivity index (χ0) is 22.6. The number of anilines is 1. The van der Waals surface area contributed by atoms with Crippen LogP contribution in [0.5, 0.6) is 0 Å². The molecular formula is C23H28ClN3O4S. The molecule has 0 atom stereocenters. The quantitative estimate of drug-likeness (QED) is 0.692. The molecule has 2 aromatic rings. The highest BCUT2D eigenvalue weighted by atomic mass is 35.5. The fourth-order valence-corrected chi connectivity index (χ4v) is 5.69. The van der Waals surface area contributed by atoms with E-state index in [1.165, 1.54) is 16.4 Å². The minimum atomic E-state index is -3.57. The number of hydrogen-bond donors (Lipinski definition) is 1. The Hall–Kier alpha value is -2.13. The van der Waals surface area contributed by atoms with Gasteiger partial charge in [-0.3, -0.25) is 4.79 Å². The van der Waals surface area contributed by atoms with Crippen molar-refractivity contribution in [3.63, 3.8) is 0 Å². The van der Waals surface area contributed by atoms with Gasteiger partial charge in [-0.25, -0.2) is 8.42 Å². The number of rotatable bonds is 6. The highest BCUT2D eigenvalue weighted by molar-refractivity contribution is 7.89. The number of halogens is 1. The van der Waals surface area contributed by atoms with Gasteiger partial charge in [-0.15, -0.1) is 0 Å². The first-order valence-corrected chi connectivity index (χ1v) is 12.7. The van der Waals surface area contributed by atoms with Crippen LogP contribution in [0.1, 0.15) is 18.4 Å². The van der Waals surface area contributed by atoms with Crippen molar-refractivity contribution >= 4 is 33.2 Å². The Bertz CT molecular complexity index is 1010. The normalized spacial score (nSPS) is 18.5. The van der Waals surface area contributed by atoms with Crippen molar-refractivity contribution in [1.82, 2.24) is 9.62 Å². The van der Waals surface area contributed by atoms with Crippen LogP contribution in [0.25, 0.3) is 0 Å². The molecule has 2 saturated heterocycles. The average Bonchev–Trinajstić information content (AvgIpc) is 2.84. The van der Waals surface area contributed by atoms with Crippen molar-refractivity contribution in [3.8, 4) is 0 Å². The number of nitrogens with one attached hydrogen (secondary N) is 1. The van der Waals surface area contributed by atoms with Gasteiger partial charge < -0.3 is 15.0 Å². The van der Waals surface area contributed by atoms with Crippen molar-refractivity contribution in [2.24, 2.45) is 5.92 Å². The first kappa shape index (κ1) is 23.0. The Morgan fingerprint density at radius 3 is 2.22 bits per heavy atom. The van der Waals surface area contributed by atoms with Crippen LogP contribution in [0.2, 0.25) is 5.02 Å². The predicted molar refractivity (Wildman–Crippen MR) is 124 cm³/mol. The second kappa shape index (κ2) is 10.2. The lowest BCUT2D eigenvalue weighted by Gasteiger charge is -2.30. The smallest absolute Gasteiger partial charge is 0.243 e. The summed E-state index contributed by atoms with van der Waals surface area (Å²) in [6.45, 7) is 4.40. The van der Waals surface area contributed by atoms with Gasteiger partial charge in [-0.05, 0) is 54.8 Å². The van der Waals surface area contributed by atoms with Crippen LogP contribution in [0.15, 0.2) is 53.4 Å². The van der Waals surface area contributed by atoms with Gasteiger partial charge in [0.15, 0.2) is 0 Å². The molecule has 0 unspecified atom stereocenters. The molecule has 2 aliphatic rings. The number of benzene rings is 2. The molecule has 2 heterocycles. The summed E-state index contributed by atoms with van der Waals surface area (Å²) in [4.78, 5) is 15.2. The molecule has 0 spiro atoms. The molecule has 0 radical (unpaired) electrons. The second-order valence-electron chi connectivity index (χ2n) is 8.12. The summed E-state index contributed by atoms with van der Waals surface area (Å²) in [7, 11) is -3.57. The number of carbonyl (C=O) groups excluding carboxylic acids is 1. The minimum absolute atomic E-state index is 0.0224. The van der Waals surface area contributed by atoms with Crippen molar-refractivity contribution in [3.05, 3.63) is 59.1 Å². The Morgan fingerprint density at radius 1 is 0.969 bits per heavy atom. The standard InChI is InChI=1S/C23H28ClN3O4S/c24-20-3-7-22(8-4-20)32(29,30)27-11-9-19(10-12-27)23(28)25-17-18-1-5-21(6-2-18)26-13-15-31-16-14-26/h1-8,19H,9-17H2,(H,25,28). The molecule has 4 rings (SSSR count). The maximum absolute atomic E-state index is 12.8. The van der Waals surface area contributed by atoms with E-state index in [0.29, 0.717) is 37.5 Å². The lowest BCUT2D eigenvalue weighted by Crippen LogP contribution is -2.42. The topological polar surface area (TPSA) is 79.0 Å². The largest absolute Gasteiger partial charge is 0.378 e. The van der Waals surface area contributed by atoms with E-state index in [9.17, 15) is 13.2 Å². The third kappa shape index (κ3) is 5.43. The first-order valence-electron chi connectivity index (χ1n) is 10.9. The molecular weight excluding hydrogens is 450 g/mol. The molecule has 0 saturated carbocycles. The number of nitrogens with zero attached hydrogens (tertiary/aromatic N) is 2. The van der Waals surface area contributed by atoms with E-state index in [0.717, 1.165) is 37.6 Å². The summed E-state index contributed by atoms with van der Waals surface area (Å²) in [6, 6.07) is 14.4. The van der Waals surface area contributed by atoms with Crippen LogP contribution in [0.4, 0.5) is 5.69 Å². The zero-order valence-corrected chi connectivity index (χ0v) is 19.4. The van der Waals surface area contributed by atoms with E-state index >= 15 is 0 Å². The zero-order valence-electron chi connectivity index (χ0n) is 17.9. The van der Waals surface area contributed by atoms with Gasteiger partial charge >= 0.3 is 0 Å².